The van der Waals surface area contributed by atoms with Crippen LogP contribution in [0.5, 0.6) is 11.5 Å². The highest BCUT2D eigenvalue weighted by Crippen LogP contribution is 2.41. The van der Waals surface area contributed by atoms with Crippen LogP contribution < -0.4 is 13.8 Å². The Morgan fingerprint density at radius 3 is 2.54 bits per heavy atom. The van der Waals surface area contributed by atoms with Crippen molar-refractivity contribution in [3.8, 4) is 22.6 Å². The summed E-state index contributed by atoms with van der Waals surface area (Å²) in [5.41, 5.74) is -0.354. The number of benzene rings is 3. The molecule has 0 aromatic heterocycles. The van der Waals surface area contributed by atoms with Crippen LogP contribution in [0.2, 0.25) is 0 Å². The number of aliphatic carboxylic acids is 1. The van der Waals surface area contributed by atoms with Crippen LogP contribution in [-0.4, -0.2) is 39.3 Å². The molecule has 0 unspecified atom stereocenters. The summed E-state index contributed by atoms with van der Waals surface area (Å²) in [5, 5.41) is 9.04. The Morgan fingerprint density at radius 1 is 1.11 bits per heavy atom. The molecule has 1 N–H and O–H groups in total. The zero-order valence-electron chi connectivity index (χ0n) is 19.3. The number of sulfonamides is 1. The van der Waals surface area contributed by atoms with Gasteiger partial charge in [-0.05, 0) is 60.0 Å². The van der Waals surface area contributed by atoms with Crippen molar-refractivity contribution >= 4 is 21.7 Å². The van der Waals surface area contributed by atoms with Gasteiger partial charge in [0.25, 0.3) is 10.0 Å². The molecule has 4 rings (SSSR count). The first-order valence-electron chi connectivity index (χ1n) is 11.0. The molecule has 196 valence electrons. The molecule has 7 nitrogen and oxygen atoms in total. The van der Waals surface area contributed by atoms with Gasteiger partial charge < -0.3 is 14.6 Å². The number of anilines is 1. The van der Waals surface area contributed by atoms with E-state index in [1.807, 2.05) is 0 Å². The van der Waals surface area contributed by atoms with Gasteiger partial charge in [-0.25, -0.2) is 12.8 Å². The van der Waals surface area contributed by atoms with Crippen LogP contribution in [0.4, 0.5) is 23.2 Å². The fourth-order valence-corrected chi connectivity index (χ4v) is 5.51. The number of fused-ring (bicyclic) bond motifs is 1. The van der Waals surface area contributed by atoms with Gasteiger partial charge in [0.1, 0.15) is 23.4 Å². The van der Waals surface area contributed by atoms with Gasteiger partial charge in [-0.1, -0.05) is 12.1 Å². The molecular weight excluding hydrogens is 518 g/mol. The van der Waals surface area contributed by atoms with Crippen molar-refractivity contribution in [2.75, 3.05) is 18.0 Å². The maximum Gasteiger partial charge on any atom is 0.416 e. The number of nitrogens with zero attached hydrogens (tertiary/aromatic N) is 1. The van der Waals surface area contributed by atoms with Crippen molar-refractivity contribution in [2.24, 2.45) is 0 Å². The lowest BCUT2D eigenvalue weighted by Crippen LogP contribution is -2.43. The van der Waals surface area contributed by atoms with Gasteiger partial charge in [-0.2, -0.15) is 13.2 Å². The zero-order chi connectivity index (χ0) is 27.0. The number of rotatable bonds is 7. The van der Waals surface area contributed by atoms with E-state index in [1.165, 1.54) is 37.4 Å². The molecular formula is C25H21F4NO6S. The molecule has 1 aliphatic rings. The molecule has 3 aromatic rings. The fraction of sp³-hybridized carbons (Fsp3) is 0.240. The maximum atomic E-state index is 14.1. The standard InChI is InChI=1S/C25H21F4NO6S/c1-35-20-10-16(9-18(26)13-20)15-5-7-23-22(11-15)30(14-19(36-23)6-8-24(31)32)37(33,34)21-4-2-3-17(12-21)25(27,28)29/h2-5,7,9-13,19H,6,8,14H2,1H3,(H,31,32)/t19-/m0/s1. The number of hydrogen-bond acceptors (Lipinski definition) is 5. The second kappa shape index (κ2) is 9.92. The molecule has 0 radical (unpaired) electrons. The van der Waals surface area contributed by atoms with Gasteiger partial charge in [0, 0.05) is 12.5 Å². The highest BCUT2D eigenvalue weighted by Gasteiger charge is 2.37. The summed E-state index contributed by atoms with van der Waals surface area (Å²) < 4.78 is 93.0. The molecule has 1 heterocycles. The topological polar surface area (TPSA) is 93.1 Å². The Balaban J connectivity index is 1.82. The number of alkyl halides is 3. The first-order valence-corrected chi connectivity index (χ1v) is 12.4. The molecule has 12 heteroatoms. The SMILES string of the molecule is COc1cc(F)cc(-c2ccc3c(c2)N(S(=O)(=O)c2cccc(C(F)(F)F)c2)C[C@H](CCC(=O)O)O3)c1. The summed E-state index contributed by atoms with van der Waals surface area (Å²) in [6.45, 7) is -0.339. The second-order valence-electron chi connectivity index (χ2n) is 8.30. The molecule has 0 bridgehead atoms. The third-order valence-corrected chi connectivity index (χ3v) is 7.54. The lowest BCUT2D eigenvalue weighted by Gasteiger charge is -2.36. The van der Waals surface area contributed by atoms with E-state index in [1.54, 1.807) is 6.07 Å². The van der Waals surface area contributed by atoms with Gasteiger partial charge in [0.2, 0.25) is 0 Å². The lowest BCUT2D eigenvalue weighted by atomic mass is 10.0. The number of hydrogen-bond donors (Lipinski definition) is 1. The normalized spacial score (nSPS) is 15.6. The quantitative estimate of drug-likeness (QED) is 0.408. The predicted molar refractivity (Wildman–Crippen MR) is 126 cm³/mol. The highest BCUT2D eigenvalue weighted by molar-refractivity contribution is 7.92. The molecule has 0 aliphatic carbocycles. The molecule has 3 aromatic carbocycles. The van der Waals surface area contributed by atoms with E-state index in [-0.39, 0.29) is 36.6 Å². The van der Waals surface area contributed by atoms with E-state index in [9.17, 15) is 30.8 Å². The Morgan fingerprint density at radius 2 is 1.86 bits per heavy atom. The summed E-state index contributed by atoms with van der Waals surface area (Å²) in [7, 11) is -3.18. The van der Waals surface area contributed by atoms with Crippen molar-refractivity contribution < 1.29 is 45.4 Å². The summed E-state index contributed by atoms with van der Waals surface area (Å²) in [6.07, 6.45) is -5.98. The van der Waals surface area contributed by atoms with Gasteiger partial charge >= 0.3 is 12.1 Å². The highest BCUT2D eigenvalue weighted by atomic mass is 32.2. The number of carboxylic acids is 1. The number of carboxylic acid groups (broad SMARTS) is 1. The number of carbonyl (C=O) groups is 1. The minimum absolute atomic E-state index is 0.0183. The number of halogens is 4. The fourth-order valence-electron chi connectivity index (χ4n) is 3.96. The van der Waals surface area contributed by atoms with Crippen LogP contribution in [0.1, 0.15) is 18.4 Å². The molecule has 1 atom stereocenters. The second-order valence-corrected chi connectivity index (χ2v) is 10.2. The monoisotopic (exact) mass is 539 g/mol. The van der Waals surface area contributed by atoms with Crippen molar-refractivity contribution in [3.05, 3.63) is 72.0 Å². The summed E-state index contributed by atoms with van der Waals surface area (Å²) in [5.74, 6) is -1.39. The average Bonchev–Trinajstić information content (AvgIpc) is 2.85. The molecule has 0 fully saturated rings. The molecule has 0 saturated heterocycles. The van der Waals surface area contributed by atoms with Gasteiger partial charge in [-0.3, -0.25) is 9.10 Å². The number of methoxy groups -OCH3 is 1. The molecule has 1 aliphatic heterocycles. The Labute approximate surface area is 209 Å². The average molecular weight is 540 g/mol. The summed E-state index contributed by atoms with van der Waals surface area (Å²) in [6, 6.07) is 11.7. The third-order valence-electron chi connectivity index (χ3n) is 5.76. The van der Waals surface area contributed by atoms with Gasteiger partial charge in [-0.15, -0.1) is 0 Å². The minimum Gasteiger partial charge on any atom is -0.497 e. The molecule has 0 saturated carbocycles. The van der Waals surface area contributed by atoms with Crippen molar-refractivity contribution in [1.29, 1.82) is 0 Å². The van der Waals surface area contributed by atoms with Crippen LogP contribution in [0.15, 0.2) is 65.6 Å². The van der Waals surface area contributed by atoms with E-state index in [4.69, 9.17) is 14.6 Å². The van der Waals surface area contributed by atoms with Gasteiger partial charge in [0.15, 0.2) is 0 Å². The summed E-state index contributed by atoms with van der Waals surface area (Å²) in [4.78, 5) is 10.5. The van der Waals surface area contributed by atoms with E-state index >= 15 is 0 Å². The van der Waals surface area contributed by atoms with Crippen molar-refractivity contribution in [2.45, 2.75) is 30.0 Å². The first kappa shape index (κ1) is 26.3. The third kappa shape index (κ3) is 5.63. The minimum atomic E-state index is -4.76. The first-order chi connectivity index (χ1) is 17.4. The van der Waals surface area contributed by atoms with Crippen molar-refractivity contribution in [3.63, 3.8) is 0 Å². The van der Waals surface area contributed by atoms with Crippen LogP contribution in [0.25, 0.3) is 11.1 Å². The lowest BCUT2D eigenvalue weighted by molar-refractivity contribution is -0.138. The molecule has 0 spiro atoms. The van der Waals surface area contributed by atoms with Crippen molar-refractivity contribution in [1.82, 2.24) is 0 Å². The molecule has 37 heavy (non-hydrogen) atoms. The van der Waals surface area contributed by atoms with E-state index < -0.39 is 44.5 Å². The zero-order valence-corrected chi connectivity index (χ0v) is 20.1. The largest absolute Gasteiger partial charge is 0.497 e. The Hall–Kier alpha value is -3.80. The van der Waals surface area contributed by atoms with E-state index in [2.05, 4.69) is 0 Å². The smallest absolute Gasteiger partial charge is 0.416 e. The van der Waals surface area contributed by atoms with Crippen LogP contribution >= 0.6 is 0 Å². The van der Waals surface area contributed by atoms with Crippen LogP contribution in [0.3, 0.4) is 0 Å². The van der Waals surface area contributed by atoms with Crippen LogP contribution in [0, 0.1) is 5.82 Å². The van der Waals surface area contributed by atoms with Gasteiger partial charge in [0.05, 0.1) is 29.8 Å². The molecule has 0 amide bonds. The Bertz CT molecular complexity index is 1440. The number of ether oxygens (including phenoxy) is 2. The van der Waals surface area contributed by atoms with Crippen LogP contribution in [-0.2, 0) is 21.0 Å². The van der Waals surface area contributed by atoms with E-state index in [0.717, 1.165) is 22.5 Å². The maximum absolute atomic E-state index is 14.1. The Kier molecular flexibility index (Phi) is 7.05. The predicted octanol–water partition coefficient (Wildman–Crippen LogP) is 5.34. The van der Waals surface area contributed by atoms with E-state index in [0.29, 0.717) is 17.2 Å². The summed E-state index contributed by atoms with van der Waals surface area (Å²) >= 11 is 0.